The number of carbonyl (C=O) groups is 1. The summed E-state index contributed by atoms with van der Waals surface area (Å²) in [5.74, 6) is 0.965. The van der Waals surface area contributed by atoms with E-state index in [-0.39, 0.29) is 5.82 Å². The molecule has 0 saturated heterocycles. The van der Waals surface area contributed by atoms with E-state index in [1.807, 2.05) is 0 Å². The first-order chi connectivity index (χ1) is 8.13. The van der Waals surface area contributed by atoms with Crippen LogP contribution in [0.2, 0.25) is 0 Å². The molecule has 5 nitrogen and oxygen atoms in total. The van der Waals surface area contributed by atoms with Crippen molar-refractivity contribution < 1.29 is 9.53 Å². The van der Waals surface area contributed by atoms with Gasteiger partial charge in [-0.2, -0.15) is 0 Å². The topological polar surface area (TPSA) is 78.1 Å². The van der Waals surface area contributed by atoms with Crippen LogP contribution in [-0.4, -0.2) is 22.5 Å². The van der Waals surface area contributed by atoms with Crippen molar-refractivity contribution in [3.63, 3.8) is 0 Å². The van der Waals surface area contributed by atoms with Crippen LogP contribution in [0.3, 0.4) is 0 Å². The maximum atomic E-state index is 11.7. The van der Waals surface area contributed by atoms with E-state index in [1.165, 1.54) is 6.42 Å². The Kier molecular flexibility index (Phi) is 3.26. The molecular formula is C12H17N3O2. The van der Waals surface area contributed by atoms with Gasteiger partial charge in [0.15, 0.2) is 0 Å². The van der Waals surface area contributed by atoms with Crippen molar-refractivity contribution in [1.29, 1.82) is 0 Å². The average Bonchev–Trinajstić information content (AvgIpc) is 2.13. The number of ether oxygens (including phenoxy) is 1. The number of aromatic nitrogens is 2. The summed E-state index contributed by atoms with van der Waals surface area (Å²) in [6.07, 6.45) is 3.43. The van der Waals surface area contributed by atoms with Crippen LogP contribution in [0.5, 0.6) is 0 Å². The van der Waals surface area contributed by atoms with E-state index in [9.17, 15) is 4.79 Å². The second-order valence-corrected chi connectivity index (χ2v) is 4.28. The molecule has 2 rings (SSSR count). The third-order valence-corrected chi connectivity index (χ3v) is 3.09. The lowest BCUT2D eigenvalue weighted by atomic mass is 9.85. The van der Waals surface area contributed by atoms with E-state index in [2.05, 4.69) is 9.97 Å². The van der Waals surface area contributed by atoms with Crippen LogP contribution in [0.25, 0.3) is 0 Å². The number of hydrogen-bond acceptors (Lipinski definition) is 5. The van der Waals surface area contributed by atoms with Crippen LogP contribution in [0, 0.1) is 6.92 Å². The van der Waals surface area contributed by atoms with E-state index in [0.29, 0.717) is 23.8 Å². The van der Waals surface area contributed by atoms with Crippen LogP contribution in [0.15, 0.2) is 0 Å². The molecule has 17 heavy (non-hydrogen) atoms. The monoisotopic (exact) mass is 235 g/mol. The van der Waals surface area contributed by atoms with Gasteiger partial charge in [-0.15, -0.1) is 0 Å². The molecule has 2 N–H and O–H groups in total. The molecule has 0 amide bonds. The first-order valence-corrected chi connectivity index (χ1v) is 5.94. The highest BCUT2D eigenvalue weighted by molar-refractivity contribution is 5.95. The number of hydrogen-bond donors (Lipinski definition) is 1. The van der Waals surface area contributed by atoms with Crippen molar-refractivity contribution in [3.05, 3.63) is 17.1 Å². The van der Waals surface area contributed by atoms with Crippen LogP contribution in [-0.2, 0) is 4.74 Å². The molecule has 0 bridgehead atoms. The maximum absolute atomic E-state index is 11.7. The number of carbonyl (C=O) groups excluding carboxylic acids is 1. The number of nitrogens with two attached hydrogens (primary N) is 1. The summed E-state index contributed by atoms with van der Waals surface area (Å²) in [7, 11) is 0. The molecule has 0 unspecified atom stereocenters. The molecule has 0 radical (unpaired) electrons. The van der Waals surface area contributed by atoms with E-state index in [4.69, 9.17) is 10.5 Å². The molecular weight excluding hydrogens is 218 g/mol. The van der Waals surface area contributed by atoms with Gasteiger partial charge in [0.25, 0.3) is 0 Å². The van der Waals surface area contributed by atoms with Gasteiger partial charge in [0, 0.05) is 5.92 Å². The van der Waals surface area contributed by atoms with Crippen molar-refractivity contribution in [1.82, 2.24) is 9.97 Å². The van der Waals surface area contributed by atoms with Gasteiger partial charge in [-0.25, -0.2) is 14.8 Å². The Morgan fingerprint density at radius 2 is 2.18 bits per heavy atom. The lowest BCUT2D eigenvalue weighted by Crippen LogP contribution is -2.18. The van der Waals surface area contributed by atoms with Crippen molar-refractivity contribution in [2.24, 2.45) is 0 Å². The van der Waals surface area contributed by atoms with Gasteiger partial charge in [-0.1, -0.05) is 6.42 Å². The Bertz CT molecular complexity index is 418. The number of nitrogens with zero attached hydrogens (tertiary/aromatic N) is 2. The van der Waals surface area contributed by atoms with Gasteiger partial charge in [-0.05, 0) is 26.7 Å². The zero-order valence-corrected chi connectivity index (χ0v) is 10.2. The van der Waals surface area contributed by atoms with Gasteiger partial charge < -0.3 is 10.5 Å². The SMILES string of the molecule is CCOC(=O)c1c(C)nc(C2CCC2)nc1N. The van der Waals surface area contributed by atoms with Crippen molar-refractivity contribution in [2.75, 3.05) is 12.3 Å². The molecule has 1 aliphatic carbocycles. The third kappa shape index (κ3) is 2.23. The fourth-order valence-electron chi connectivity index (χ4n) is 1.92. The first kappa shape index (κ1) is 11.8. The highest BCUT2D eigenvalue weighted by atomic mass is 16.5. The molecule has 0 atom stereocenters. The van der Waals surface area contributed by atoms with E-state index in [0.717, 1.165) is 18.7 Å². The van der Waals surface area contributed by atoms with Gasteiger partial charge in [0.1, 0.15) is 17.2 Å². The van der Waals surface area contributed by atoms with Gasteiger partial charge in [0.05, 0.1) is 12.3 Å². The predicted molar refractivity (Wildman–Crippen MR) is 63.7 cm³/mol. The number of anilines is 1. The molecule has 1 aromatic rings. The molecule has 0 spiro atoms. The number of esters is 1. The average molecular weight is 235 g/mol. The maximum Gasteiger partial charge on any atom is 0.343 e. The predicted octanol–water partition coefficient (Wildman–Crippen LogP) is 1.81. The van der Waals surface area contributed by atoms with E-state index >= 15 is 0 Å². The summed E-state index contributed by atoms with van der Waals surface area (Å²) < 4.78 is 4.93. The zero-order chi connectivity index (χ0) is 12.4. The smallest absolute Gasteiger partial charge is 0.343 e. The van der Waals surface area contributed by atoms with Gasteiger partial charge in [0.2, 0.25) is 0 Å². The third-order valence-electron chi connectivity index (χ3n) is 3.09. The Hall–Kier alpha value is -1.65. The second-order valence-electron chi connectivity index (χ2n) is 4.28. The lowest BCUT2D eigenvalue weighted by molar-refractivity contribution is 0.0525. The molecule has 1 heterocycles. The van der Waals surface area contributed by atoms with Crippen molar-refractivity contribution in [2.45, 2.75) is 39.0 Å². The summed E-state index contributed by atoms with van der Waals surface area (Å²) in [4.78, 5) is 20.3. The molecule has 0 aromatic carbocycles. The highest BCUT2D eigenvalue weighted by Gasteiger charge is 2.25. The molecule has 1 saturated carbocycles. The van der Waals surface area contributed by atoms with Crippen LogP contribution in [0.4, 0.5) is 5.82 Å². The minimum absolute atomic E-state index is 0.234. The molecule has 1 fully saturated rings. The summed E-state index contributed by atoms with van der Waals surface area (Å²) in [5, 5.41) is 0. The van der Waals surface area contributed by atoms with Crippen LogP contribution >= 0.6 is 0 Å². The fraction of sp³-hybridized carbons (Fsp3) is 0.583. The number of rotatable bonds is 3. The molecule has 5 heteroatoms. The Balaban J connectivity index is 2.31. The largest absolute Gasteiger partial charge is 0.462 e. The van der Waals surface area contributed by atoms with Gasteiger partial charge >= 0.3 is 5.97 Å². The van der Waals surface area contributed by atoms with Crippen molar-refractivity contribution in [3.8, 4) is 0 Å². The van der Waals surface area contributed by atoms with Crippen LogP contribution in [0.1, 0.15) is 54.0 Å². The van der Waals surface area contributed by atoms with Crippen LogP contribution < -0.4 is 5.73 Å². The quantitative estimate of drug-likeness (QED) is 0.808. The van der Waals surface area contributed by atoms with E-state index < -0.39 is 5.97 Å². The Labute approximate surface area is 100 Å². The second kappa shape index (κ2) is 4.69. The molecule has 1 aromatic heterocycles. The summed E-state index contributed by atoms with van der Waals surface area (Å²) >= 11 is 0. The molecule has 0 aliphatic heterocycles. The first-order valence-electron chi connectivity index (χ1n) is 5.94. The number of nitrogen functional groups attached to an aromatic ring is 1. The van der Waals surface area contributed by atoms with Crippen molar-refractivity contribution >= 4 is 11.8 Å². The number of aryl methyl sites for hydroxylation is 1. The highest BCUT2D eigenvalue weighted by Crippen LogP contribution is 2.35. The van der Waals surface area contributed by atoms with E-state index in [1.54, 1.807) is 13.8 Å². The standard InChI is InChI=1S/C12H17N3O2/c1-3-17-12(16)9-7(2)14-11(15-10(9)13)8-5-4-6-8/h8H,3-6H2,1-2H3,(H2,13,14,15). The molecule has 1 aliphatic rings. The fourth-order valence-corrected chi connectivity index (χ4v) is 1.92. The summed E-state index contributed by atoms with van der Waals surface area (Å²) in [6.45, 7) is 3.85. The normalized spacial score (nSPS) is 15.4. The zero-order valence-electron chi connectivity index (χ0n) is 10.2. The summed E-state index contributed by atoms with van der Waals surface area (Å²) in [5.41, 5.74) is 6.73. The molecule has 92 valence electrons. The minimum Gasteiger partial charge on any atom is -0.462 e. The lowest BCUT2D eigenvalue weighted by Gasteiger charge is -2.24. The Morgan fingerprint density at radius 3 is 2.65 bits per heavy atom. The minimum atomic E-state index is -0.442. The summed E-state index contributed by atoms with van der Waals surface area (Å²) in [6, 6.07) is 0. The van der Waals surface area contributed by atoms with Gasteiger partial charge in [-0.3, -0.25) is 0 Å². The Morgan fingerprint density at radius 1 is 1.47 bits per heavy atom.